The normalized spacial score (nSPS) is 11.8. The molecule has 0 spiro atoms. The third-order valence-corrected chi connectivity index (χ3v) is 2.66. The fourth-order valence-corrected chi connectivity index (χ4v) is 1.57. The zero-order chi connectivity index (χ0) is 15.3. The van der Waals surface area contributed by atoms with E-state index in [1.165, 1.54) is 0 Å². The van der Waals surface area contributed by atoms with E-state index in [-0.39, 0.29) is 6.42 Å². The zero-order valence-electron chi connectivity index (χ0n) is 10.9. The van der Waals surface area contributed by atoms with Gasteiger partial charge in [-0.2, -0.15) is 0 Å². The number of hydrogen-bond acceptors (Lipinski definition) is 5. The summed E-state index contributed by atoms with van der Waals surface area (Å²) < 4.78 is 0. The molecular formula is C11H16N4O5. The molecule has 0 unspecified atom stereocenters. The third kappa shape index (κ3) is 3.70. The van der Waals surface area contributed by atoms with Crippen LogP contribution in [-0.2, 0) is 4.79 Å². The second-order valence-electron chi connectivity index (χ2n) is 4.20. The summed E-state index contributed by atoms with van der Waals surface area (Å²) in [5, 5.41) is 11.2. The second kappa shape index (κ2) is 6.55. The average Bonchev–Trinajstić information content (AvgIpc) is 2.38. The van der Waals surface area contributed by atoms with E-state index in [2.05, 4.69) is 10.3 Å². The fraction of sp³-hybridized carbons (Fsp3) is 0.455. The van der Waals surface area contributed by atoms with E-state index >= 15 is 0 Å². The lowest BCUT2D eigenvalue weighted by atomic mass is 10.1. The van der Waals surface area contributed by atoms with Gasteiger partial charge in [0.1, 0.15) is 17.4 Å². The molecule has 1 heterocycles. The maximum absolute atomic E-state index is 11.9. The monoisotopic (exact) mass is 284 g/mol. The van der Waals surface area contributed by atoms with Crippen LogP contribution in [0, 0.1) is 0 Å². The van der Waals surface area contributed by atoms with Crippen LogP contribution >= 0.6 is 0 Å². The molecule has 0 aliphatic rings. The van der Waals surface area contributed by atoms with Gasteiger partial charge < -0.3 is 21.1 Å². The number of hydrogen-bond donors (Lipinski definition) is 5. The molecule has 0 aliphatic heterocycles. The number of nitrogen functional groups attached to an aromatic ring is 1. The molecular weight excluding hydrogens is 268 g/mol. The van der Waals surface area contributed by atoms with Crippen molar-refractivity contribution in [3.63, 3.8) is 0 Å². The molecule has 0 bridgehead atoms. The Bertz CT molecular complexity index is 618. The number of amides is 1. The smallest absolute Gasteiger partial charge is 0.326 e. The largest absolute Gasteiger partial charge is 0.480 e. The molecule has 1 amide bonds. The van der Waals surface area contributed by atoms with E-state index in [1.54, 1.807) is 0 Å². The van der Waals surface area contributed by atoms with Crippen molar-refractivity contribution >= 4 is 17.6 Å². The summed E-state index contributed by atoms with van der Waals surface area (Å²) in [7, 11) is 0. The summed E-state index contributed by atoms with van der Waals surface area (Å²) in [5.41, 5.74) is 2.67. The van der Waals surface area contributed by atoms with Crippen LogP contribution in [0.3, 0.4) is 0 Å². The first-order chi connectivity index (χ1) is 9.36. The molecule has 20 heavy (non-hydrogen) atoms. The van der Waals surface area contributed by atoms with Crippen LogP contribution in [0.2, 0.25) is 0 Å². The van der Waals surface area contributed by atoms with Crippen LogP contribution in [-0.4, -0.2) is 33.0 Å². The van der Waals surface area contributed by atoms with Crippen LogP contribution in [0.4, 0.5) is 5.69 Å². The van der Waals surface area contributed by atoms with Crippen LogP contribution < -0.4 is 22.3 Å². The molecule has 1 aromatic heterocycles. The predicted molar refractivity (Wildman–Crippen MR) is 70.5 cm³/mol. The Morgan fingerprint density at radius 2 is 2.00 bits per heavy atom. The van der Waals surface area contributed by atoms with Crippen molar-refractivity contribution in [2.45, 2.75) is 32.2 Å². The molecule has 110 valence electrons. The quantitative estimate of drug-likeness (QED) is 0.451. The molecule has 0 saturated carbocycles. The number of carbonyl (C=O) groups is 2. The number of aromatic nitrogens is 2. The molecule has 1 rings (SSSR count). The topological polar surface area (TPSA) is 158 Å². The minimum absolute atomic E-state index is 0.241. The standard InChI is InChI=1S/C11H16N4O5/c1-2-3-4-5(10(18)19)13-9(17)7-6(12)8(16)15-11(20)14-7/h5H,2-4,12H2,1H3,(H,13,17)(H,18,19)(H2,14,15,16,20)/t5-/m0/s1. The van der Waals surface area contributed by atoms with Gasteiger partial charge in [0.15, 0.2) is 0 Å². The minimum Gasteiger partial charge on any atom is -0.480 e. The Hall–Kier alpha value is -2.58. The Balaban J connectivity index is 2.97. The lowest BCUT2D eigenvalue weighted by molar-refractivity contribution is -0.139. The molecule has 6 N–H and O–H groups in total. The number of anilines is 1. The molecule has 1 aromatic rings. The Morgan fingerprint density at radius 1 is 1.35 bits per heavy atom. The fourth-order valence-electron chi connectivity index (χ4n) is 1.57. The van der Waals surface area contributed by atoms with Gasteiger partial charge in [-0.3, -0.25) is 14.6 Å². The number of aliphatic carboxylic acids is 1. The summed E-state index contributed by atoms with van der Waals surface area (Å²) in [6, 6.07) is -1.11. The minimum atomic E-state index is -1.20. The first-order valence-corrected chi connectivity index (χ1v) is 6.02. The molecule has 0 aromatic carbocycles. The van der Waals surface area contributed by atoms with Crippen molar-refractivity contribution in [3.05, 3.63) is 26.5 Å². The highest BCUT2D eigenvalue weighted by Crippen LogP contribution is 2.04. The number of nitrogens with two attached hydrogens (primary N) is 1. The summed E-state index contributed by atoms with van der Waals surface area (Å²) in [6.45, 7) is 1.88. The van der Waals surface area contributed by atoms with E-state index in [1.807, 2.05) is 11.9 Å². The lowest BCUT2D eigenvalue weighted by Gasteiger charge is -2.14. The number of H-pyrrole nitrogens is 2. The second-order valence-corrected chi connectivity index (χ2v) is 4.20. The van der Waals surface area contributed by atoms with Crippen LogP contribution in [0.15, 0.2) is 9.59 Å². The maximum Gasteiger partial charge on any atom is 0.326 e. The highest BCUT2D eigenvalue weighted by atomic mass is 16.4. The molecule has 0 fully saturated rings. The zero-order valence-corrected chi connectivity index (χ0v) is 10.9. The molecule has 9 nitrogen and oxygen atoms in total. The van der Waals surface area contributed by atoms with Gasteiger partial charge in [-0.05, 0) is 6.42 Å². The molecule has 1 atom stereocenters. The number of carboxylic acid groups (broad SMARTS) is 1. The van der Waals surface area contributed by atoms with E-state index in [9.17, 15) is 19.2 Å². The number of aromatic amines is 2. The predicted octanol–water partition coefficient (Wildman–Crippen LogP) is -0.981. The molecule has 0 aliphatic carbocycles. The van der Waals surface area contributed by atoms with Crippen molar-refractivity contribution in [1.82, 2.24) is 15.3 Å². The Kier molecular flexibility index (Phi) is 5.07. The van der Waals surface area contributed by atoms with Crippen molar-refractivity contribution in [2.75, 3.05) is 5.73 Å². The SMILES string of the molecule is CCCC[C@H](NC(=O)c1[nH]c(=O)[nH]c(=O)c1N)C(=O)O. The highest BCUT2D eigenvalue weighted by Gasteiger charge is 2.22. The summed E-state index contributed by atoms with van der Waals surface area (Å²) in [6.07, 6.45) is 1.62. The summed E-state index contributed by atoms with van der Waals surface area (Å²) in [5.74, 6) is -2.10. The van der Waals surface area contributed by atoms with Crippen molar-refractivity contribution in [1.29, 1.82) is 0 Å². The number of unbranched alkanes of at least 4 members (excludes halogenated alkanes) is 1. The van der Waals surface area contributed by atoms with E-state index < -0.39 is 40.5 Å². The van der Waals surface area contributed by atoms with E-state index in [0.717, 1.165) is 6.42 Å². The number of rotatable bonds is 6. The highest BCUT2D eigenvalue weighted by molar-refractivity contribution is 5.98. The summed E-state index contributed by atoms with van der Waals surface area (Å²) >= 11 is 0. The molecule has 0 saturated heterocycles. The van der Waals surface area contributed by atoms with Crippen LogP contribution in [0.1, 0.15) is 36.7 Å². The number of carbonyl (C=O) groups excluding carboxylic acids is 1. The number of nitrogens with one attached hydrogen (secondary N) is 3. The van der Waals surface area contributed by atoms with Gasteiger partial charge in [0.25, 0.3) is 11.5 Å². The van der Waals surface area contributed by atoms with Gasteiger partial charge in [0.05, 0.1) is 0 Å². The summed E-state index contributed by atoms with van der Waals surface area (Å²) in [4.78, 5) is 49.2. The Labute approximate surface area is 113 Å². The molecule has 9 heteroatoms. The maximum atomic E-state index is 11.9. The van der Waals surface area contributed by atoms with Crippen molar-refractivity contribution in [2.24, 2.45) is 0 Å². The third-order valence-electron chi connectivity index (χ3n) is 2.66. The van der Waals surface area contributed by atoms with E-state index in [0.29, 0.717) is 6.42 Å². The van der Waals surface area contributed by atoms with Gasteiger partial charge in [-0.25, -0.2) is 9.59 Å². The first-order valence-electron chi connectivity index (χ1n) is 6.02. The van der Waals surface area contributed by atoms with Crippen molar-refractivity contribution < 1.29 is 14.7 Å². The lowest BCUT2D eigenvalue weighted by Crippen LogP contribution is -2.42. The van der Waals surface area contributed by atoms with Crippen LogP contribution in [0.5, 0.6) is 0 Å². The van der Waals surface area contributed by atoms with E-state index in [4.69, 9.17) is 10.8 Å². The Morgan fingerprint density at radius 3 is 2.55 bits per heavy atom. The van der Waals surface area contributed by atoms with Gasteiger partial charge in [0, 0.05) is 0 Å². The van der Waals surface area contributed by atoms with Crippen LogP contribution in [0.25, 0.3) is 0 Å². The number of carboxylic acids is 1. The van der Waals surface area contributed by atoms with Gasteiger partial charge in [-0.15, -0.1) is 0 Å². The van der Waals surface area contributed by atoms with Gasteiger partial charge in [0.2, 0.25) is 0 Å². The van der Waals surface area contributed by atoms with Crippen molar-refractivity contribution in [3.8, 4) is 0 Å². The van der Waals surface area contributed by atoms with Gasteiger partial charge >= 0.3 is 11.7 Å². The molecule has 0 radical (unpaired) electrons. The first kappa shape index (κ1) is 15.5. The van der Waals surface area contributed by atoms with Gasteiger partial charge in [-0.1, -0.05) is 19.8 Å². The average molecular weight is 284 g/mol.